The molecule has 182 valence electrons. The highest BCUT2D eigenvalue weighted by Gasteiger charge is 2.31. The molecule has 1 aliphatic rings. The molecular formula is C26H33N3O4S. The predicted molar refractivity (Wildman–Crippen MR) is 139 cm³/mol. The molecule has 7 nitrogen and oxygen atoms in total. The summed E-state index contributed by atoms with van der Waals surface area (Å²) in [5.41, 5.74) is 7.60. The van der Waals surface area contributed by atoms with Gasteiger partial charge in [0, 0.05) is 17.7 Å². The van der Waals surface area contributed by atoms with Gasteiger partial charge in [-0.05, 0) is 75.2 Å². The van der Waals surface area contributed by atoms with E-state index in [9.17, 15) is 4.79 Å². The first-order chi connectivity index (χ1) is 16.3. The first-order valence-electron chi connectivity index (χ1n) is 11.6. The summed E-state index contributed by atoms with van der Waals surface area (Å²) in [5, 5.41) is 8.38. The lowest BCUT2D eigenvalue weighted by molar-refractivity contribution is -0.145. The fourth-order valence-electron chi connectivity index (χ4n) is 3.85. The number of fused-ring (bicyclic) bond motifs is 1. The third-order valence-electron chi connectivity index (χ3n) is 5.43. The molecule has 0 unspecified atom stereocenters. The molecule has 0 aromatic heterocycles. The van der Waals surface area contributed by atoms with Gasteiger partial charge < -0.3 is 19.5 Å². The number of esters is 1. The molecule has 0 saturated heterocycles. The zero-order valence-corrected chi connectivity index (χ0v) is 21.3. The Kier molecular flexibility index (Phi) is 8.50. The molecule has 2 N–H and O–H groups in total. The highest BCUT2D eigenvalue weighted by molar-refractivity contribution is 7.80. The molecule has 2 aromatic rings. The monoisotopic (exact) mass is 483 g/mol. The van der Waals surface area contributed by atoms with Crippen molar-refractivity contribution >= 4 is 34.7 Å². The summed E-state index contributed by atoms with van der Waals surface area (Å²) >= 11 is 5.56. The number of rotatable bonds is 8. The van der Waals surface area contributed by atoms with Crippen LogP contribution in [0.2, 0.25) is 0 Å². The first-order valence-corrected chi connectivity index (χ1v) is 12.0. The molecule has 0 saturated carbocycles. The molecule has 2 aromatic carbocycles. The maximum absolute atomic E-state index is 11.6. The van der Waals surface area contributed by atoms with Crippen molar-refractivity contribution in [2.45, 2.75) is 59.5 Å². The van der Waals surface area contributed by atoms with Crippen LogP contribution in [0.25, 0.3) is 0 Å². The second-order valence-electron chi connectivity index (χ2n) is 8.57. The quantitative estimate of drug-likeness (QED) is 0.310. The van der Waals surface area contributed by atoms with E-state index in [1.807, 2.05) is 26.0 Å². The Morgan fingerprint density at radius 2 is 1.85 bits per heavy atom. The number of hydrazone groups is 1. The number of ether oxygens (including phenoxy) is 3. The van der Waals surface area contributed by atoms with Crippen LogP contribution in [0, 0.1) is 0 Å². The SMILES string of the molecule is CCOC(=O)COc1ccc2c(c1)/C(=N\NC(=S)Nc1c(CC)cccc1CC)CC(C)(C)O2. The van der Waals surface area contributed by atoms with Crippen molar-refractivity contribution < 1.29 is 19.0 Å². The number of nitrogens with zero attached hydrogens (tertiary/aromatic N) is 1. The average molecular weight is 484 g/mol. The normalized spacial score (nSPS) is 15.1. The minimum atomic E-state index is -0.430. The molecule has 3 rings (SSSR count). The molecule has 0 spiro atoms. The lowest BCUT2D eigenvalue weighted by atomic mass is 9.92. The fraction of sp³-hybridized carbons (Fsp3) is 0.423. The number of aryl methyl sites for hydroxylation is 2. The largest absolute Gasteiger partial charge is 0.487 e. The zero-order chi connectivity index (χ0) is 24.7. The van der Waals surface area contributed by atoms with Crippen LogP contribution in [-0.2, 0) is 22.4 Å². The number of hydrogen-bond donors (Lipinski definition) is 2. The van der Waals surface area contributed by atoms with Gasteiger partial charge in [0.25, 0.3) is 0 Å². The summed E-state index contributed by atoms with van der Waals surface area (Å²) < 4.78 is 16.7. The Morgan fingerprint density at radius 1 is 1.15 bits per heavy atom. The number of nitrogens with one attached hydrogen (secondary N) is 2. The second-order valence-corrected chi connectivity index (χ2v) is 8.98. The maximum Gasteiger partial charge on any atom is 0.344 e. The fourth-order valence-corrected chi connectivity index (χ4v) is 4.00. The van der Waals surface area contributed by atoms with Crippen LogP contribution in [0.4, 0.5) is 5.69 Å². The number of thiocarbonyl (C=S) groups is 1. The molecule has 1 heterocycles. The maximum atomic E-state index is 11.6. The summed E-state index contributed by atoms with van der Waals surface area (Å²) in [4.78, 5) is 11.6. The number of benzene rings is 2. The summed E-state index contributed by atoms with van der Waals surface area (Å²) in [5.74, 6) is 0.820. The van der Waals surface area contributed by atoms with Gasteiger partial charge in [-0.3, -0.25) is 5.43 Å². The van der Waals surface area contributed by atoms with Crippen molar-refractivity contribution in [1.82, 2.24) is 5.43 Å². The van der Waals surface area contributed by atoms with E-state index >= 15 is 0 Å². The van der Waals surface area contributed by atoms with Crippen LogP contribution in [0.15, 0.2) is 41.5 Å². The molecule has 0 radical (unpaired) electrons. The van der Waals surface area contributed by atoms with Gasteiger partial charge in [0.05, 0.1) is 12.3 Å². The number of carbonyl (C=O) groups excluding carboxylic acids is 1. The van der Waals surface area contributed by atoms with E-state index in [0.717, 1.165) is 29.8 Å². The lowest BCUT2D eigenvalue weighted by Crippen LogP contribution is -2.37. The number of hydrogen-bond acceptors (Lipinski definition) is 6. The van der Waals surface area contributed by atoms with Gasteiger partial charge in [-0.15, -0.1) is 0 Å². The van der Waals surface area contributed by atoms with Crippen molar-refractivity contribution in [3.05, 3.63) is 53.1 Å². The van der Waals surface area contributed by atoms with Gasteiger partial charge in [-0.25, -0.2) is 4.79 Å². The highest BCUT2D eigenvalue weighted by atomic mass is 32.1. The topological polar surface area (TPSA) is 81.2 Å². The molecule has 34 heavy (non-hydrogen) atoms. The standard InChI is InChI=1S/C26H33N3O4S/c1-6-17-10-9-11-18(7-2)24(17)27-25(34)29-28-21-15-26(4,5)33-22-13-12-19(14-20(21)22)32-16-23(30)31-8-3/h9-14H,6-8,15-16H2,1-5H3,(H2,27,29,34)/b28-21-. The molecule has 0 bridgehead atoms. The first kappa shape index (κ1) is 25.5. The van der Waals surface area contributed by atoms with Crippen LogP contribution in [0.5, 0.6) is 11.5 Å². The lowest BCUT2D eigenvalue weighted by Gasteiger charge is -2.33. The van der Waals surface area contributed by atoms with Crippen LogP contribution in [0.1, 0.15) is 57.7 Å². The molecule has 0 fully saturated rings. The highest BCUT2D eigenvalue weighted by Crippen LogP contribution is 2.35. The summed E-state index contributed by atoms with van der Waals surface area (Å²) in [7, 11) is 0. The average Bonchev–Trinajstić information content (AvgIpc) is 2.81. The molecule has 0 atom stereocenters. The molecule has 0 amide bonds. The Morgan fingerprint density at radius 3 is 2.50 bits per heavy atom. The summed E-state index contributed by atoms with van der Waals surface area (Å²) in [6.07, 6.45) is 2.38. The minimum absolute atomic E-state index is 0.158. The van der Waals surface area contributed by atoms with Crippen LogP contribution >= 0.6 is 12.2 Å². The van der Waals surface area contributed by atoms with Gasteiger partial charge in [0.2, 0.25) is 0 Å². The van der Waals surface area contributed by atoms with Gasteiger partial charge in [0.15, 0.2) is 11.7 Å². The van der Waals surface area contributed by atoms with Crippen molar-refractivity contribution in [3.63, 3.8) is 0 Å². The van der Waals surface area contributed by atoms with E-state index in [4.69, 9.17) is 26.4 Å². The Hall–Kier alpha value is -3.13. The number of carbonyl (C=O) groups is 1. The number of anilines is 1. The molecule has 1 aliphatic heterocycles. The number of para-hydroxylation sites is 1. The van der Waals surface area contributed by atoms with Crippen molar-refractivity contribution in [3.8, 4) is 11.5 Å². The van der Waals surface area contributed by atoms with Gasteiger partial charge >= 0.3 is 5.97 Å². The minimum Gasteiger partial charge on any atom is -0.487 e. The van der Waals surface area contributed by atoms with Crippen molar-refractivity contribution in [1.29, 1.82) is 0 Å². The predicted octanol–water partition coefficient (Wildman–Crippen LogP) is 5.01. The Bertz CT molecular complexity index is 1060. The van der Waals surface area contributed by atoms with Gasteiger partial charge in [-0.1, -0.05) is 32.0 Å². The van der Waals surface area contributed by atoms with E-state index < -0.39 is 11.6 Å². The van der Waals surface area contributed by atoms with E-state index in [-0.39, 0.29) is 6.61 Å². The molecular weight excluding hydrogens is 450 g/mol. The molecule has 0 aliphatic carbocycles. The second kappa shape index (κ2) is 11.3. The summed E-state index contributed by atoms with van der Waals surface area (Å²) in [6.45, 7) is 10.2. The zero-order valence-electron chi connectivity index (χ0n) is 20.5. The Labute approximate surface area is 206 Å². The van der Waals surface area contributed by atoms with Crippen molar-refractivity contribution in [2.75, 3.05) is 18.5 Å². The van der Waals surface area contributed by atoms with Gasteiger partial charge in [-0.2, -0.15) is 5.10 Å². The van der Waals surface area contributed by atoms with E-state index in [1.54, 1.807) is 13.0 Å². The third-order valence-corrected chi connectivity index (χ3v) is 5.63. The summed E-state index contributed by atoms with van der Waals surface area (Å²) in [6, 6.07) is 11.7. The molecule has 8 heteroatoms. The third kappa shape index (κ3) is 6.47. The van der Waals surface area contributed by atoms with Crippen LogP contribution in [-0.4, -0.2) is 35.6 Å². The van der Waals surface area contributed by atoms with Crippen LogP contribution in [0.3, 0.4) is 0 Å². The van der Waals surface area contributed by atoms with Gasteiger partial charge in [0.1, 0.15) is 17.1 Å². The van der Waals surface area contributed by atoms with E-state index in [0.29, 0.717) is 29.6 Å². The van der Waals surface area contributed by atoms with E-state index in [2.05, 4.69) is 47.9 Å². The smallest absolute Gasteiger partial charge is 0.344 e. The van der Waals surface area contributed by atoms with Crippen molar-refractivity contribution in [2.24, 2.45) is 5.10 Å². The Balaban J connectivity index is 1.80. The van der Waals surface area contributed by atoms with Crippen LogP contribution < -0.4 is 20.2 Å². The van der Waals surface area contributed by atoms with E-state index in [1.165, 1.54) is 11.1 Å².